The average Bonchev–Trinajstić information content (AvgIpc) is 3.40. The zero-order chi connectivity index (χ0) is 27.8. The van der Waals surface area contributed by atoms with Crippen LogP contribution in [0.3, 0.4) is 0 Å². The van der Waals surface area contributed by atoms with Gasteiger partial charge < -0.3 is 18.7 Å². The van der Waals surface area contributed by atoms with E-state index in [1.54, 1.807) is 18.4 Å². The molecule has 0 aliphatic carbocycles. The molecule has 0 bridgehead atoms. The molecule has 0 amide bonds. The molecule has 1 aliphatic rings. The Morgan fingerprint density at radius 3 is 2.46 bits per heavy atom. The molecule has 4 aromatic rings. The van der Waals surface area contributed by atoms with E-state index in [1.807, 2.05) is 70.1 Å². The Bertz CT molecular complexity index is 1800. The highest BCUT2D eigenvalue weighted by atomic mass is 32.2. The molecule has 3 aromatic carbocycles. The number of methoxy groups -OCH3 is 1. The average molecular weight is 606 g/mol. The number of ether oxygens (including phenoxy) is 1. The van der Waals surface area contributed by atoms with Crippen molar-refractivity contribution < 1.29 is 35.2 Å². The quantitative estimate of drug-likeness (QED) is 0.193. The first kappa shape index (κ1) is 27.9. The van der Waals surface area contributed by atoms with Crippen LogP contribution in [-0.2, 0) is 26.8 Å². The lowest BCUT2D eigenvalue weighted by atomic mass is 10.1. The van der Waals surface area contributed by atoms with E-state index >= 15 is 0 Å². The lowest BCUT2D eigenvalue weighted by Gasteiger charge is -2.21. The molecule has 0 spiro atoms. The van der Waals surface area contributed by atoms with E-state index in [4.69, 9.17) is 4.74 Å². The van der Waals surface area contributed by atoms with Crippen LogP contribution in [0.25, 0.3) is 27.1 Å². The molecule has 0 saturated carbocycles. The number of nitrogens with zero attached hydrogens (tertiary/aromatic N) is 2. The van der Waals surface area contributed by atoms with Crippen molar-refractivity contribution in [2.45, 2.75) is 24.3 Å². The van der Waals surface area contributed by atoms with Crippen molar-refractivity contribution in [3.05, 3.63) is 64.6 Å². The Balaban J connectivity index is 1.60. The molecule has 206 valence electrons. The summed E-state index contributed by atoms with van der Waals surface area (Å²) in [6.07, 6.45) is 2.31. The number of fused-ring (bicyclic) bond motifs is 4. The Morgan fingerprint density at radius 1 is 0.974 bits per heavy atom. The molecule has 9 nitrogen and oxygen atoms in total. The maximum atomic E-state index is 11.3. The lowest BCUT2D eigenvalue weighted by Crippen LogP contribution is -2.36. The number of benzene rings is 3. The Hall–Kier alpha value is -2.68. The monoisotopic (exact) mass is 605 g/mol. The van der Waals surface area contributed by atoms with Crippen LogP contribution in [0.2, 0.25) is 0 Å². The Kier molecular flexibility index (Phi) is 7.91. The van der Waals surface area contributed by atoms with Gasteiger partial charge in [0.25, 0.3) is 5.01 Å². The first-order valence-corrected chi connectivity index (χ1v) is 16.9. The van der Waals surface area contributed by atoms with Crippen LogP contribution in [0.4, 0.5) is 5.69 Å². The van der Waals surface area contributed by atoms with Gasteiger partial charge in [-0.25, -0.2) is 16.8 Å². The second-order valence-electron chi connectivity index (χ2n) is 9.03. The third-order valence-corrected chi connectivity index (χ3v) is 10.1. The summed E-state index contributed by atoms with van der Waals surface area (Å²) in [6, 6.07) is 17.7. The van der Waals surface area contributed by atoms with Gasteiger partial charge >= 0.3 is 0 Å². The molecule has 0 unspecified atom stereocenters. The van der Waals surface area contributed by atoms with Crippen LogP contribution in [0.1, 0.15) is 17.8 Å². The first-order chi connectivity index (χ1) is 18.5. The summed E-state index contributed by atoms with van der Waals surface area (Å²) in [5.41, 5.74) is 1.81. The topological polar surface area (TPSA) is 131 Å². The minimum atomic E-state index is -4.36. The van der Waals surface area contributed by atoms with Crippen LogP contribution in [0.15, 0.2) is 64.5 Å². The van der Waals surface area contributed by atoms with E-state index in [0.29, 0.717) is 18.8 Å². The second-order valence-corrected chi connectivity index (χ2v) is 14.2. The molecule has 39 heavy (non-hydrogen) atoms. The van der Waals surface area contributed by atoms with Crippen LogP contribution < -0.4 is 14.2 Å². The van der Waals surface area contributed by atoms with E-state index in [-0.39, 0.29) is 12.8 Å². The molecular formula is C26H25N2O7S4-. The van der Waals surface area contributed by atoms with Gasteiger partial charge in [0.15, 0.2) is 6.54 Å². The summed E-state index contributed by atoms with van der Waals surface area (Å²) in [7, 11) is -7.14. The number of aryl methyl sites for hydroxylation is 1. The fourth-order valence-corrected chi connectivity index (χ4v) is 7.94. The Morgan fingerprint density at radius 2 is 1.72 bits per heavy atom. The van der Waals surface area contributed by atoms with Crippen LogP contribution in [0.5, 0.6) is 5.75 Å². The highest BCUT2D eigenvalue weighted by molar-refractivity contribution is 8.04. The number of anilines is 1. The smallest absolute Gasteiger partial charge is 0.265 e. The summed E-state index contributed by atoms with van der Waals surface area (Å²) < 4.78 is 76.2. The van der Waals surface area contributed by atoms with E-state index in [0.717, 1.165) is 41.6 Å². The molecule has 0 atom stereocenters. The van der Waals surface area contributed by atoms with Crippen molar-refractivity contribution in [1.29, 1.82) is 0 Å². The molecule has 2 heterocycles. The highest BCUT2D eigenvalue weighted by Gasteiger charge is 2.29. The molecule has 0 fully saturated rings. The zero-order valence-corrected chi connectivity index (χ0v) is 24.2. The van der Waals surface area contributed by atoms with Crippen molar-refractivity contribution in [1.82, 2.24) is 0 Å². The first-order valence-electron chi connectivity index (χ1n) is 12.1. The highest BCUT2D eigenvalue weighted by Crippen LogP contribution is 2.48. The van der Waals surface area contributed by atoms with Gasteiger partial charge in [0.1, 0.15) is 10.4 Å². The molecule has 0 saturated heterocycles. The maximum absolute atomic E-state index is 11.3. The number of rotatable bonds is 10. The van der Waals surface area contributed by atoms with E-state index in [1.165, 1.54) is 11.8 Å². The van der Waals surface area contributed by atoms with Crippen molar-refractivity contribution in [2.75, 3.05) is 30.1 Å². The van der Waals surface area contributed by atoms with Crippen molar-refractivity contribution in [2.24, 2.45) is 0 Å². The van der Waals surface area contributed by atoms with E-state index in [9.17, 15) is 25.9 Å². The number of thioether (sulfide) groups is 1. The van der Waals surface area contributed by atoms with Crippen LogP contribution in [-0.4, -0.2) is 51.1 Å². The molecule has 5 rings (SSSR count). The largest absolute Gasteiger partial charge is 0.748 e. The predicted molar refractivity (Wildman–Crippen MR) is 152 cm³/mol. The fourth-order valence-electron chi connectivity index (χ4n) is 4.65. The SMILES string of the molecule is COc1ccc2c(c1)N(CCCS(=O)(=O)[O-])C(=Cc1sc3ccc4ccccc4c3[n+]1CCCS(=O)(=O)[O-])S2. The minimum absolute atomic E-state index is 0.152. The van der Waals surface area contributed by atoms with Gasteiger partial charge in [-0.1, -0.05) is 47.4 Å². The van der Waals surface area contributed by atoms with Gasteiger partial charge in [0.05, 0.1) is 49.5 Å². The lowest BCUT2D eigenvalue weighted by molar-refractivity contribution is -0.667. The summed E-state index contributed by atoms with van der Waals surface area (Å²) in [6.45, 7) is 0.636. The predicted octanol–water partition coefficient (Wildman–Crippen LogP) is 4.13. The van der Waals surface area contributed by atoms with Gasteiger partial charge in [0, 0.05) is 35.4 Å². The van der Waals surface area contributed by atoms with E-state index < -0.39 is 31.7 Å². The minimum Gasteiger partial charge on any atom is -0.748 e. The third kappa shape index (κ3) is 6.39. The standard InChI is InChI=1S/C26H26N2O7S4/c1-35-19-9-11-22-21(16-19)27(12-4-14-38(29,30)31)24(36-22)17-25-28(13-5-15-39(32,33)34)26-20-7-3-2-6-18(20)8-10-23(26)37-25/h2-3,6-11,16-17H,4-5,12-15H2,1H3,(H-,29,30,31,32,33,34)/p-1. The maximum Gasteiger partial charge on any atom is 0.265 e. The molecule has 0 radical (unpaired) electrons. The summed E-state index contributed by atoms with van der Waals surface area (Å²) in [4.78, 5) is 2.94. The Labute approximate surface area is 235 Å². The van der Waals surface area contributed by atoms with Gasteiger partial charge in [-0.15, -0.1) is 0 Å². The molecule has 0 N–H and O–H groups in total. The number of hydrogen-bond acceptors (Lipinski definition) is 10. The molecule has 1 aromatic heterocycles. The number of hydrogen-bond donors (Lipinski definition) is 0. The van der Waals surface area contributed by atoms with Gasteiger partial charge in [-0.3, -0.25) is 0 Å². The summed E-state index contributed by atoms with van der Waals surface area (Å²) in [5, 5.41) is 3.75. The van der Waals surface area contributed by atoms with Crippen molar-refractivity contribution in [3.63, 3.8) is 0 Å². The summed E-state index contributed by atoms with van der Waals surface area (Å²) >= 11 is 3.07. The fraction of sp³-hybridized carbons (Fsp3) is 0.269. The zero-order valence-electron chi connectivity index (χ0n) is 20.9. The number of aromatic nitrogens is 1. The van der Waals surface area contributed by atoms with Crippen molar-refractivity contribution in [3.8, 4) is 5.75 Å². The number of thiazole rings is 1. The van der Waals surface area contributed by atoms with E-state index in [2.05, 4.69) is 0 Å². The second kappa shape index (κ2) is 11.1. The van der Waals surface area contributed by atoms with Gasteiger partial charge in [-0.2, -0.15) is 4.57 Å². The normalized spacial score (nSPS) is 14.9. The van der Waals surface area contributed by atoms with Crippen molar-refractivity contribution >= 4 is 76.1 Å². The van der Waals surface area contributed by atoms with Crippen LogP contribution >= 0.6 is 23.1 Å². The van der Waals surface area contributed by atoms with Gasteiger partial charge in [-0.05, 0) is 36.1 Å². The molecule has 13 heteroatoms. The third-order valence-electron chi connectivity index (χ3n) is 6.35. The van der Waals surface area contributed by atoms with Crippen LogP contribution in [0, 0.1) is 0 Å². The molecule has 1 aliphatic heterocycles. The molecular weight excluding hydrogens is 581 g/mol. The summed E-state index contributed by atoms with van der Waals surface area (Å²) in [5.74, 6) is -0.285. The van der Waals surface area contributed by atoms with Gasteiger partial charge in [0.2, 0.25) is 5.52 Å².